The Balaban J connectivity index is 3.62. The van der Waals surface area contributed by atoms with Gasteiger partial charge >= 0.3 is 0 Å². The van der Waals surface area contributed by atoms with E-state index in [0.717, 1.165) is 0 Å². The summed E-state index contributed by atoms with van der Waals surface area (Å²) in [4.78, 5) is 0. The number of hydrogen-bond acceptors (Lipinski definition) is 1. The van der Waals surface area contributed by atoms with Crippen LogP contribution in [0.2, 0.25) is 0 Å². The minimum atomic E-state index is -1.50. The van der Waals surface area contributed by atoms with Gasteiger partial charge < -0.3 is 4.43 Å². The van der Waals surface area contributed by atoms with Gasteiger partial charge in [0.2, 0.25) is 3.79 Å². The molecule has 0 heterocycles. The summed E-state index contributed by atoms with van der Waals surface area (Å²) in [7, 11) is 0.468. The second-order valence-corrected chi connectivity index (χ2v) is 4.33. The van der Waals surface area contributed by atoms with Crippen LogP contribution in [0.15, 0.2) is 0 Å². The number of hydrogen-bond donors (Lipinski definition) is 0. The van der Waals surface area contributed by atoms with Crippen LogP contribution in [0.25, 0.3) is 0 Å². The Morgan fingerprint density at radius 1 is 1.38 bits per heavy atom. The van der Waals surface area contributed by atoms with Crippen LogP contribution < -0.4 is 0 Å². The van der Waals surface area contributed by atoms with Gasteiger partial charge in [-0.25, -0.2) is 0 Å². The monoisotopic (exact) mass is 212 g/mol. The molecule has 1 atom stereocenters. The summed E-state index contributed by atoms with van der Waals surface area (Å²) >= 11 is 21.2. The van der Waals surface area contributed by atoms with Crippen LogP contribution in [0.1, 0.15) is 0 Å². The molecule has 0 rings (SSSR count). The molecule has 0 saturated carbocycles. The van der Waals surface area contributed by atoms with Gasteiger partial charge in [0.05, 0.1) is 0 Å². The number of halogens is 4. The third-order valence-corrected chi connectivity index (χ3v) is 2.67. The molecule has 0 aromatic carbocycles. The summed E-state index contributed by atoms with van der Waals surface area (Å²) in [5, 5.41) is 0. The zero-order chi connectivity index (χ0) is 6.78. The van der Waals surface area contributed by atoms with Gasteiger partial charge in [0.25, 0.3) is 0 Å². The van der Waals surface area contributed by atoms with Crippen molar-refractivity contribution in [1.29, 1.82) is 0 Å². The van der Waals surface area contributed by atoms with E-state index in [1.807, 2.05) is 0 Å². The molecule has 6 heteroatoms. The highest BCUT2D eigenvalue weighted by molar-refractivity contribution is 6.70. The van der Waals surface area contributed by atoms with Gasteiger partial charge in [0, 0.05) is 0 Å². The number of alkyl halides is 4. The lowest BCUT2D eigenvalue weighted by Gasteiger charge is -2.15. The Bertz CT molecular complexity index is 70.9. The Morgan fingerprint density at radius 3 is 1.75 bits per heavy atom. The fraction of sp³-hybridized carbons (Fsp3) is 1.00. The lowest BCUT2D eigenvalue weighted by Crippen LogP contribution is -2.21. The van der Waals surface area contributed by atoms with E-state index in [-0.39, 0.29) is 0 Å². The van der Waals surface area contributed by atoms with Crippen molar-refractivity contribution >= 4 is 56.9 Å². The lowest BCUT2D eigenvalue weighted by atomic mass is 10.8. The van der Waals surface area contributed by atoms with Crippen molar-refractivity contribution < 1.29 is 4.43 Å². The van der Waals surface area contributed by atoms with E-state index in [4.69, 9.17) is 46.4 Å². The molecule has 0 radical (unpaired) electrons. The van der Waals surface area contributed by atoms with E-state index in [1.54, 1.807) is 0 Å². The van der Waals surface area contributed by atoms with Crippen molar-refractivity contribution in [2.24, 2.45) is 0 Å². The quantitative estimate of drug-likeness (QED) is 0.471. The molecule has 0 spiro atoms. The molecular weight excluding hydrogens is 210 g/mol. The van der Waals surface area contributed by atoms with Crippen molar-refractivity contribution in [3.8, 4) is 0 Å². The van der Waals surface area contributed by atoms with Crippen molar-refractivity contribution in [3.05, 3.63) is 0 Å². The van der Waals surface area contributed by atoms with Crippen LogP contribution in [0.3, 0.4) is 0 Å². The molecule has 0 saturated heterocycles. The average molecular weight is 214 g/mol. The highest BCUT2D eigenvalue weighted by Crippen LogP contribution is 2.33. The van der Waals surface area contributed by atoms with E-state index in [0.29, 0.717) is 10.5 Å². The maximum Gasteiger partial charge on any atom is 0.229 e. The second kappa shape index (κ2) is 3.49. The largest absolute Gasteiger partial charge is 0.409 e. The zero-order valence-electron chi connectivity index (χ0n) is 4.00. The molecule has 8 heavy (non-hydrogen) atoms. The molecule has 0 N–H and O–H groups in total. The van der Waals surface area contributed by atoms with Crippen LogP contribution in [0.5, 0.6) is 0 Å². The summed E-state index contributed by atoms with van der Waals surface area (Å²) < 4.78 is 3.13. The molecule has 0 aliphatic rings. The summed E-state index contributed by atoms with van der Waals surface area (Å²) in [6.07, 6.45) is 0. The molecular formula is C2H4Cl4OSi. The molecule has 1 nitrogen and oxygen atoms in total. The van der Waals surface area contributed by atoms with E-state index in [1.165, 1.54) is 0 Å². The van der Waals surface area contributed by atoms with Crippen molar-refractivity contribution in [2.75, 3.05) is 0 Å². The standard InChI is InChI=1S/C2H4Cl4OSi/c3-1(7-8)2(4,5)6/h1H,8H3. The summed E-state index contributed by atoms with van der Waals surface area (Å²) in [5.74, 6) is 0. The van der Waals surface area contributed by atoms with E-state index >= 15 is 0 Å². The molecule has 1 unspecified atom stereocenters. The maximum absolute atomic E-state index is 5.36. The van der Waals surface area contributed by atoms with Gasteiger partial charge in [-0.3, -0.25) is 0 Å². The zero-order valence-corrected chi connectivity index (χ0v) is 9.02. The van der Waals surface area contributed by atoms with Gasteiger partial charge in [0.1, 0.15) is 10.5 Å². The first kappa shape index (κ1) is 9.34. The average Bonchev–Trinajstić information content (AvgIpc) is 1.62. The highest BCUT2D eigenvalue weighted by Gasteiger charge is 2.29. The molecule has 0 aliphatic carbocycles. The molecule has 50 valence electrons. The van der Waals surface area contributed by atoms with Crippen molar-refractivity contribution in [3.63, 3.8) is 0 Å². The van der Waals surface area contributed by atoms with Crippen LogP contribution in [0, 0.1) is 0 Å². The van der Waals surface area contributed by atoms with Crippen LogP contribution in [-0.2, 0) is 4.43 Å². The van der Waals surface area contributed by atoms with Gasteiger partial charge in [-0.2, -0.15) is 0 Å². The Kier molecular flexibility index (Phi) is 4.08. The van der Waals surface area contributed by atoms with Gasteiger partial charge in [0.15, 0.2) is 5.56 Å². The minimum Gasteiger partial charge on any atom is -0.409 e. The molecule has 0 aromatic heterocycles. The van der Waals surface area contributed by atoms with Gasteiger partial charge in [-0.05, 0) is 0 Å². The molecule has 0 aliphatic heterocycles. The third-order valence-electron chi connectivity index (χ3n) is 0.464. The predicted molar refractivity (Wildman–Crippen MR) is 41.0 cm³/mol. The SMILES string of the molecule is [SiH3]OC(Cl)C(Cl)(Cl)Cl. The molecule has 0 bridgehead atoms. The fourth-order valence-corrected chi connectivity index (χ4v) is 1.20. The van der Waals surface area contributed by atoms with E-state index < -0.39 is 9.36 Å². The van der Waals surface area contributed by atoms with Crippen molar-refractivity contribution in [2.45, 2.75) is 9.36 Å². The van der Waals surface area contributed by atoms with Gasteiger partial charge in [-0.1, -0.05) is 46.4 Å². The first-order valence-electron chi connectivity index (χ1n) is 1.72. The topological polar surface area (TPSA) is 9.23 Å². The van der Waals surface area contributed by atoms with E-state index in [2.05, 4.69) is 4.43 Å². The summed E-state index contributed by atoms with van der Waals surface area (Å²) in [6, 6.07) is 0. The lowest BCUT2D eigenvalue weighted by molar-refractivity contribution is 0.315. The van der Waals surface area contributed by atoms with Gasteiger partial charge in [-0.15, -0.1) is 0 Å². The minimum absolute atomic E-state index is 0.468. The van der Waals surface area contributed by atoms with Crippen LogP contribution in [0.4, 0.5) is 0 Å². The molecule has 0 aromatic rings. The fourth-order valence-electron chi connectivity index (χ4n) is 0.134. The highest BCUT2D eigenvalue weighted by atomic mass is 35.6. The maximum atomic E-state index is 5.36. The first-order chi connectivity index (χ1) is 3.48. The third kappa shape index (κ3) is 3.38. The second-order valence-electron chi connectivity index (χ2n) is 1.09. The summed E-state index contributed by atoms with van der Waals surface area (Å²) in [6.45, 7) is 0. The molecule has 0 fully saturated rings. The van der Waals surface area contributed by atoms with Crippen LogP contribution in [-0.4, -0.2) is 19.8 Å². The predicted octanol–water partition coefficient (Wildman–Crippen LogP) is 1.22. The number of rotatable bonds is 1. The smallest absolute Gasteiger partial charge is 0.229 e. The normalized spacial score (nSPS) is 16.5. The Hall–Kier alpha value is 1.34. The molecule has 0 amide bonds. The Labute approximate surface area is 70.7 Å². The first-order valence-corrected chi connectivity index (χ1v) is 4.10. The van der Waals surface area contributed by atoms with Crippen LogP contribution >= 0.6 is 46.4 Å². The van der Waals surface area contributed by atoms with E-state index in [9.17, 15) is 0 Å². The summed E-state index contributed by atoms with van der Waals surface area (Å²) in [5.41, 5.74) is -0.820. The van der Waals surface area contributed by atoms with Crippen molar-refractivity contribution in [1.82, 2.24) is 0 Å². The Morgan fingerprint density at radius 2 is 1.75 bits per heavy atom.